The van der Waals surface area contributed by atoms with Crippen molar-refractivity contribution in [1.29, 1.82) is 0 Å². The summed E-state index contributed by atoms with van der Waals surface area (Å²) in [6, 6.07) is 0. The molecule has 0 N–H and O–H groups in total. The van der Waals surface area contributed by atoms with Crippen LogP contribution in [-0.2, 0) is 4.79 Å². The van der Waals surface area contributed by atoms with Gasteiger partial charge in [-0.05, 0) is 44.7 Å². The monoisotopic (exact) mass is 278 g/mol. The van der Waals surface area contributed by atoms with Gasteiger partial charge in [0.1, 0.15) is 0 Å². The zero-order chi connectivity index (χ0) is 14.2. The lowest BCUT2D eigenvalue weighted by molar-refractivity contribution is -0.133. The van der Waals surface area contributed by atoms with Crippen LogP contribution in [0.2, 0.25) is 0 Å². The van der Waals surface area contributed by atoms with E-state index in [0.29, 0.717) is 11.3 Å². The fourth-order valence-corrected chi connectivity index (χ4v) is 4.70. The van der Waals surface area contributed by atoms with Gasteiger partial charge in [-0.1, -0.05) is 26.2 Å². The number of hydrogen-bond acceptors (Lipinski definition) is 2. The smallest absolute Gasteiger partial charge is 0.223 e. The van der Waals surface area contributed by atoms with Gasteiger partial charge in [0.25, 0.3) is 0 Å². The average molecular weight is 278 g/mol. The minimum Gasteiger partial charge on any atom is -0.342 e. The molecule has 1 spiro atoms. The van der Waals surface area contributed by atoms with Crippen LogP contribution in [0.3, 0.4) is 0 Å². The van der Waals surface area contributed by atoms with E-state index in [2.05, 4.69) is 23.8 Å². The van der Waals surface area contributed by atoms with Crippen molar-refractivity contribution >= 4 is 5.91 Å². The van der Waals surface area contributed by atoms with Crippen molar-refractivity contribution in [2.24, 2.45) is 10.8 Å². The summed E-state index contributed by atoms with van der Waals surface area (Å²) in [5.41, 5.74) is 0.718. The second kappa shape index (κ2) is 5.32. The Morgan fingerprint density at radius 2 is 1.70 bits per heavy atom. The molecule has 1 aliphatic carbocycles. The molecule has 1 atom stereocenters. The van der Waals surface area contributed by atoms with Gasteiger partial charge in [-0.15, -0.1) is 0 Å². The molecule has 0 aromatic heterocycles. The molecule has 0 aromatic rings. The Bertz CT molecular complexity index is 375. The fourth-order valence-electron chi connectivity index (χ4n) is 4.70. The SMILES string of the molecule is CN1CCC2(CCN(C(=O)CC3(C)CCCCC3)C2)C1. The molecule has 114 valence electrons. The number of nitrogens with zero attached hydrogens (tertiary/aromatic N) is 2. The average Bonchev–Trinajstić information content (AvgIpc) is 2.97. The van der Waals surface area contributed by atoms with E-state index in [4.69, 9.17) is 0 Å². The number of likely N-dealkylation sites (tertiary alicyclic amines) is 2. The minimum absolute atomic E-state index is 0.289. The molecular formula is C17H30N2O. The Morgan fingerprint density at radius 3 is 2.35 bits per heavy atom. The molecular weight excluding hydrogens is 248 g/mol. The maximum absolute atomic E-state index is 12.7. The topological polar surface area (TPSA) is 23.6 Å². The van der Waals surface area contributed by atoms with Crippen LogP contribution in [0.1, 0.15) is 58.3 Å². The van der Waals surface area contributed by atoms with E-state index in [1.165, 1.54) is 58.0 Å². The van der Waals surface area contributed by atoms with Crippen molar-refractivity contribution < 1.29 is 4.79 Å². The van der Waals surface area contributed by atoms with Gasteiger partial charge in [0, 0.05) is 31.5 Å². The number of carbonyl (C=O) groups is 1. The Morgan fingerprint density at radius 1 is 1.00 bits per heavy atom. The zero-order valence-electron chi connectivity index (χ0n) is 13.3. The third-order valence-corrected chi connectivity index (χ3v) is 6.06. The summed E-state index contributed by atoms with van der Waals surface area (Å²) in [5, 5.41) is 0. The first kappa shape index (κ1) is 14.4. The van der Waals surface area contributed by atoms with E-state index in [-0.39, 0.29) is 5.41 Å². The molecule has 0 bridgehead atoms. The number of rotatable bonds is 2. The van der Waals surface area contributed by atoms with Crippen LogP contribution >= 0.6 is 0 Å². The lowest BCUT2D eigenvalue weighted by atomic mass is 9.73. The maximum atomic E-state index is 12.7. The van der Waals surface area contributed by atoms with E-state index in [1.807, 2.05) is 0 Å². The molecule has 3 nitrogen and oxygen atoms in total. The quantitative estimate of drug-likeness (QED) is 0.775. The van der Waals surface area contributed by atoms with Crippen LogP contribution in [0, 0.1) is 10.8 Å². The van der Waals surface area contributed by atoms with Gasteiger partial charge in [-0.25, -0.2) is 0 Å². The summed E-state index contributed by atoms with van der Waals surface area (Å²) < 4.78 is 0. The highest BCUT2D eigenvalue weighted by molar-refractivity contribution is 5.77. The summed E-state index contributed by atoms with van der Waals surface area (Å²) in [6.45, 7) is 6.75. The number of carbonyl (C=O) groups excluding carboxylic acids is 1. The summed E-state index contributed by atoms with van der Waals surface area (Å²) in [4.78, 5) is 17.3. The highest BCUT2D eigenvalue weighted by Crippen LogP contribution is 2.42. The lowest BCUT2D eigenvalue weighted by Gasteiger charge is -2.34. The first-order valence-corrected chi connectivity index (χ1v) is 8.47. The van der Waals surface area contributed by atoms with Crippen LogP contribution < -0.4 is 0 Å². The molecule has 0 radical (unpaired) electrons. The largest absolute Gasteiger partial charge is 0.342 e. The van der Waals surface area contributed by atoms with Crippen LogP contribution in [0.4, 0.5) is 0 Å². The molecule has 0 aromatic carbocycles. The number of hydrogen-bond donors (Lipinski definition) is 0. The third-order valence-electron chi connectivity index (χ3n) is 6.06. The first-order valence-electron chi connectivity index (χ1n) is 8.47. The van der Waals surface area contributed by atoms with Crippen molar-refractivity contribution in [1.82, 2.24) is 9.80 Å². The zero-order valence-corrected chi connectivity index (χ0v) is 13.3. The molecule has 3 heteroatoms. The predicted molar refractivity (Wildman–Crippen MR) is 81.6 cm³/mol. The fraction of sp³-hybridized carbons (Fsp3) is 0.941. The van der Waals surface area contributed by atoms with Crippen molar-refractivity contribution in [3.8, 4) is 0 Å². The normalized spacial score (nSPS) is 34.0. The molecule has 3 fully saturated rings. The van der Waals surface area contributed by atoms with E-state index in [9.17, 15) is 4.79 Å². The van der Waals surface area contributed by atoms with Crippen molar-refractivity contribution in [3.63, 3.8) is 0 Å². The molecule has 1 saturated carbocycles. The summed E-state index contributed by atoms with van der Waals surface area (Å²) >= 11 is 0. The van der Waals surface area contributed by atoms with Crippen LogP contribution in [0.5, 0.6) is 0 Å². The van der Waals surface area contributed by atoms with Gasteiger partial charge < -0.3 is 9.80 Å². The van der Waals surface area contributed by atoms with Crippen molar-refractivity contribution in [3.05, 3.63) is 0 Å². The Hall–Kier alpha value is -0.570. The molecule has 2 saturated heterocycles. The lowest BCUT2D eigenvalue weighted by Crippen LogP contribution is -2.36. The molecule has 1 amide bonds. The summed E-state index contributed by atoms with van der Waals surface area (Å²) in [6.07, 6.45) is 9.80. The van der Waals surface area contributed by atoms with Crippen molar-refractivity contribution in [2.75, 3.05) is 33.2 Å². The predicted octanol–water partition coefficient (Wildman–Crippen LogP) is 2.90. The molecule has 20 heavy (non-hydrogen) atoms. The first-order chi connectivity index (χ1) is 9.50. The van der Waals surface area contributed by atoms with E-state index >= 15 is 0 Å². The second-order valence-corrected chi connectivity index (χ2v) is 8.10. The molecule has 2 heterocycles. The van der Waals surface area contributed by atoms with Gasteiger partial charge in [0.05, 0.1) is 0 Å². The summed E-state index contributed by atoms with van der Waals surface area (Å²) in [5.74, 6) is 0.431. The van der Waals surface area contributed by atoms with Crippen molar-refractivity contribution in [2.45, 2.75) is 58.3 Å². The van der Waals surface area contributed by atoms with Crippen LogP contribution in [0.25, 0.3) is 0 Å². The minimum atomic E-state index is 0.289. The molecule has 1 unspecified atom stereocenters. The van der Waals surface area contributed by atoms with Gasteiger partial charge in [0.2, 0.25) is 5.91 Å². The van der Waals surface area contributed by atoms with Crippen LogP contribution in [0.15, 0.2) is 0 Å². The van der Waals surface area contributed by atoms with E-state index in [0.717, 1.165) is 19.5 Å². The Kier molecular flexibility index (Phi) is 3.83. The van der Waals surface area contributed by atoms with Gasteiger partial charge in [-0.3, -0.25) is 4.79 Å². The van der Waals surface area contributed by atoms with E-state index in [1.54, 1.807) is 0 Å². The Labute approximate surface area is 123 Å². The van der Waals surface area contributed by atoms with Crippen LogP contribution in [-0.4, -0.2) is 48.9 Å². The molecule has 3 aliphatic rings. The second-order valence-electron chi connectivity index (χ2n) is 8.10. The Balaban J connectivity index is 1.56. The number of amides is 1. The van der Waals surface area contributed by atoms with Gasteiger partial charge in [0.15, 0.2) is 0 Å². The molecule has 3 rings (SSSR count). The maximum Gasteiger partial charge on any atom is 0.223 e. The highest BCUT2D eigenvalue weighted by atomic mass is 16.2. The van der Waals surface area contributed by atoms with Gasteiger partial charge >= 0.3 is 0 Å². The standard InChI is InChI=1S/C17H30N2O/c1-16(6-4-3-5-7-16)12-15(20)19-11-9-17(14-19)8-10-18(2)13-17/h3-14H2,1-2H3. The van der Waals surface area contributed by atoms with E-state index < -0.39 is 0 Å². The third kappa shape index (κ3) is 2.88. The highest BCUT2D eigenvalue weighted by Gasteiger charge is 2.44. The summed E-state index contributed by atoms with van der Waals surface area (Å²) in [7, 11) is 2.21. The molecule has 2 aliphatic heterocycles. The van der Waals surface area contributed by atoms with Gasteiger partial charge in [-0.2, -0.15) is 0 Å².